The van der Waals surface area contributed by atoms with E-state index in [9.17, 15) is 8.42 Å². The van der Waals surface area contributed by atoms with E-state index in [1.807, 2.05) is 31.2 Å². The second kappa shape index (κ2) is 7.27. The molecule has 130 valence electrons. The summed E-state index contributed by atoms with van der Waals surface area (Å²) in [6.07, 6.45) is 1.81. The van der Waals surface area contributed by atoms with Crippen molar-refractivity contribution in [1.29, 1.82) is 0 Å². The van der Waals surface area contributed by atoms with Gasteiger partial charge in [0.05, 0.1) is 6.54 Å². The number of sulfonamides is 1. The first-order chi connectivity index (χ1) is 11.5. The summed E-state index contributed by atoms with van der Waals surface area (Å²) < 4.78 is 31.9. The molecule has 0 bridgehead atoms. The summed E-state index contributed by atoms with van der Waals surface area (Å²) >= 11 is 6.19. The smallest absolute Gasteiger partial charge is 0.276 e. The Morgan fingerprint density at radius 2 is 1.92 bits per heavy atom. The third-order valence-corrected chi connectivity index (χ3v) is 6.37. The van der Waals surface area contributed by atoms with Crippen LogP contribution in [0.15, 0.2) is 45.9 Å². The Balaban J connectivity index is 1.65. The number of rotatable bonds is 6. The van der Waals surface area contributed by atoms with Crippen molar-refractivity contribution in [2.75, 3.05) is 13.1 Å². The Kier molecular flexibility index (Phi) is 5.30. The average Bonchev–Trinajstić information content (AvgIpc) is 3.25. The lowest BCUT2D eigenvalue weighted by Gasteiger charge is -2.15. The molecular weight excluding hydrogens is 348 g/mol. The highest BCUT2D eigenvalue weighted by Gasteiger charge is 2.29. The van der Waals surface area contributed by atoms with Gasteiger partial charge in [-0.05, 0) is 43.5 Å². The van der Waals surface area contributed by atoms with Crippen LogP contribution in [0.3, 0.4) is 0 Å². The first kappa shape index (κ1) is 17.5. The molecule has 1 unspecified atom stereocenters. The summed E-state index contributed by atoms with van der Waals surface area (Å²) in [6, 6.07) is 10.9. The molecule has 7 heteroatoms. The molecule has 0 radical (unpaired) electrons. The van der Waals surface area contributed by atoms with E-state index in [0.717, 1.165) is 18.4 Å². The Morgan fingerprint density at radius 3 is 2.62 bits per heavy atom. The van der Waals surface area contributed by atoms with Gasteiger partial charge >= 0.3 is 0 Å². The van der Waals surface area contributed by atoms with E-state index in [4.69, 9.17) is 16.0 Å². The van der Waals surface area contributed by atoms with Crippen LogP contribution < -0.4 is 5.32 Å². The third kappa shape index (κ3) is 3.67. The second-order valence-corrected chi connectivity index (χ2v) is 8.23. The summed E-state index contributed by atoms with van der Waals surface area (Å²) in [5.41, 5.74) is 0.996. The number of hydrogen-bond donors (Lipinski definition) is 1. The quantitative estimate of drug-likeness (QED) is 0.846. The van der Waals surface area contributed by atoms with E-state index in [2.05, 4.69) is 5.32 Å². The van der Waals surface area contributed by atoms with Crippen LogP contribution in [-0.4, -0.2) is 25.8 Å². The fourth-order valence-electron chi connectivity index (χ4n) is 2.84. The largest absolute Gasteiger partial charge is 0.447 e. The Labute approximate surface area is 147 Å². The Morgan fingerprint density at radius 1 is 1.21 bits per heavy atom. The van der Waals surface area contributed by atoms with Gasteiger partial charge in [-0.25, -0.2) is 8.42 Å². The highest BCUT2D eigenvalue weighted by molar-refractivity contribution is 7.89. The molecule has 1 aliphatic rings. The fourth-order valence-corrected chi connectivity index (χ4v) is 4.58. The second-order valence-electron chi connectivity index (χ2n) is 5.96. The predicted molar refractivity (Wildman–Crippen MR) is 93.4 cm³/mol. The van der Waals surface area contributed by atoms with Gasteiger partial charge < -0.3 is 9.73 Å². The van der Waals surface area contributed by atoms with Gasteiger partial charge in [-0.3, -0.25) is 0 Å². The van der Waals surface area contributed by atoms with Gasteiger partial charge in [-0.2, -0.15) is 4.31 Å². The highest BCUT2D eigenvalue weighted by atomic mass is 35.5. The molecule has 1 atom stereocenters. The first-order valence-electron chi connectivity index (χ1n) is 8.05. The van der Waals surface area contributed by atoms with Crippen LogP contribution in [0.25, 0.3) is 0 Å². The van der Waals surface area contributed by atoms with Crippen molar-refractivity contribution in [1.82, 2.24) is 9.62 Å². The van der Waals surface area contributed by atoms with Crippen molar-refractivity contribution in [2.45, 2.75) is 37.4 Å². The molecule has 2 aromatic rings. The van der Waals surface area contributed by atoms with Crippen molar-refractivity contribution >= 4 is 21.6 Å². The number of furan rings is 1. The molecule has 0 spiro atoms. The molecule has 1 aromatic carbocycles. The molecule has 1 N–H and O–H groups in total. The zero-order valence-electron chi connectivity index (χ0n) is 13.5. The summed E-state index contributed by atoms with van der Waals surface area (Å²) in [7, 11) is -3.50. The maximum Gasteiger partial charge on any atom is 0.276 e. The van der Waals surface area contributed by atoms with Crippen LogP contribution in [0.5, 0.6) is 0 Å². The van der Waals surface area contributed by atoms with Crippen molar-refractivity contribution in [3.05, 3.63) is 52.7 Å². The van der Waals surface area contributed by atoms with E-state index in [1.165, 1.54) is 10.4 Å². The van der Waals surface area contributed by atoms with Gasteiger partial charge in [-0.15, -0.1) is 0 Å². The monoisotopic (exact) mass is 368 g/mol. The SMILES string of the molecule is CC(NCc1ccc(S(=O)(=O)N2CCCC2)o1)c1ccccc1Cl. The zero-order chi connectivity index (χ0) is 17.2. The van der Waals surface area contributed by atoms with Gasteiger partial charge in [0.15, 0.2) is 0 Å². The molecule has 1 aromatic heterocycles. The lowest BCUT2D eigenvalue weighted by Crippen LogP contribution is -2.27. The molecule has 24 heavy (non-hydrogen) atoms. The van der Waals surface area contributed by atoms with Crippen molar-refractivity contribution in [3.8, 4) is 0 Å². The molecule has 0 aliphatic carbocycles. The van der Waals surface area contributed by atoms with E-state index < -0.39 is 10.0 Å². The van der Waals surface area contributed by atoms with E-state index in [0.29, 0.717) is 30.4 Å². The molecule has 3 rings (SSSR count). The average molecular weight is 369 g/mol. The molecule has 1 saturated heterocycles. The van der Waals surface area contributed by atoms with Crippen molar-refractivity contribution in [2.24, 2.45) is 0 Å². The van der Waals surface area contributed by atoms with Gasteiger partial charge in [-0.1, -0.05) is 29.8 Å². The molecule has 5 nitrogen and oxygen atoms in total. The van der Waals surface area contributed by atoms with Crippen LogP contribution in [-0.2, 0) is 16.6 Å². The van der Waals surface area contributed by atoms with E-state index in [-0.39, 0.29) is 11.1 Å². The van der Waals surface area contributed by atoms with Crippen molar-refractivity contribution < 1.29 is 12.8 Å². The molecule has 1 fully saturated rings. The predicted octanol–water partition coefficient (Wildman–Crippen LogP) is 3.57. The standard InChI is InChI=1S/C17H21ClN2O3S/c1-13(15-6-2-3-7-16(15)18)19-12-14-8-9-17(23-14)24(21,22)20-10-4-5-11-20/h2-3,6-9,13,19H,4-5,10-12H2,1H3. The summed E-state index contributed by atoms with van der Waals surface area (Å²) in [4.78, 5) is 0. The van der Waals surface area contributed by atoms with Gasteiger partial charge in [0, 0.05) is 24.2 Å². The molecule has 0 amide bonds. The molecule has 2 heterocycles. The number of halogens is 1. The van der Waals surface area contributed by atoms with Gasteiger partial charge in [0.25, 0.3) is 10.0 Å². The minimum Gasteiger partial charge on any atom is -0.447 e. The Hall–Kier alpha value is -1.34. The van der Waals surface area contributed by atoms with Gasteiger partial charge in [0.2, 0.25) is 5.09 Å². The van der Waals surface area contributed by atoms with Crippen LogP contribution in [0.1, 0.15) is 37.1 Å². The third-order valence-electron chi connectivity index (χ3n) is 4.25. The maximum absolute atomic E-state index is 12.4. The number of hydrogen-bond acceptors (Lipinski definition) is 4. The zero-order valence-corrected chi connectivity index (χ0v) is 15.1. The van der Waals surface area contributed by atoms with Crippen LogP contribution in [0.4, 0.5) is 0 Å². The maximum atomic E-state index is 12.4. The molecule has 1 aliphatic heterocycles. The van der Waals surface area contributed by atoms with Crippen molar-refractivity contribution in [3.63, 3.8) is 0 Å². The number of nitrogens with one attached hydrogen (secondary N) is 1. The highest BCUT2D eigenvalue weighted by Crippen LogP contribution is 2.24. The van der Waals surface area contributed by atoms with E-state index in [1.54, 1.807) is 6.07 Å². The minimum absolute atomic E-state index is 0.0200. The van der Waals surface area contributed by atoms with Crippen LogP contribution in [0, 0.1) is 0 Å². The number of nitrogens with zero attached hydrogens (tertiary/aromatic N) is 1. The summed E-state index contributed by atoms with van der Waals surface area (Å²) in [6.45, 7) is 3.58. The summed E-state index contributed by atoms with van der Waals surface area (Å²) in [5, 5.41) is 4.03. The topological polar surface area (TPSA) is 62.6 Å². The molecule has 0 saturated carbocycles. The lowest BCUT2D eigenvalue weighted by molar-refractivity contribution is 0.375. The minimum atomic E-state index is -3.50. The van der Waals surface area contributed by atoms with Crippen LogP contribution >= 0.6 is 11.6 Å². The summed E-state index contributed by atoms with van der Waals surface area (Å²) in [5.74, 6) is 0.590. The Bertz CT molecular complexity index is 798. The van der Waals surface area contributed by atoms with E-state index >= 15 is 0 Å². The van der Waals surface area contributed by atoms with Crippen LogP contribution in [0.2, 0.25) is 5.02 Å². The van der Waals surface area contributed by atoms with Gasteiger partial charge in [0.1, 0.15) is 5.76 Å². The normalized spacial score (nSPS) is 17.2. The number of benzene rings is 1. The fraction of sp³-hybridized carbons (Fsp3) is 0.412. The first-order valence-corrected chi connectivity index (χ1v) is 9.87. The lowest BCUT2D eigenvalue weighted by atomic mass is 10.1. The molecular formula is C17H21ClN2O3S.